The minimum Gasteiger partial charge on any atom is -0.405 e. The number of nitrogens with two attached hydrogens (primary N) is 1. The maximum Gasteiger partial charge on any atom is 0.573 e. The first-order chi connectivity index (χ1) is 9.39. The van der Waals surface area contributed by atoms with Crippen LogP contribution in [-0.2, 0) is 6.54 Å². The molecule has 0 aliphatic rings. The van der Waals surface area contributed by atoms with Crippen molar-refractivity contribution in [2.45, 2.75) is 12.9 Å². The highest BCUT2D eigenvalue weighted by Crippen LogP contribution is 2.35. The Morgan fingerprint density at radius 2 is 1.76 bits per heavy atom. The smallest absolute Gasteiger partial charge is 0.405 e. The Labute approximate surface area is 134 Å². The molecule has 0 spiro atoms. The van der Waals surface area contributed by atoms with Gasteiger partial charge in [0.1, 0.15) is 5.75 Å². The summed E-state index contributed by atoms with van der Waals surface area (Å²) in [6.45, 7) is 0.300. The average molecular weight is 383 g/mol. The number of benzene rings is 2. The molecule has 21 heavy (non-hydrogen) atoms. The summed E-state index contributed by atoms with van der Waals surface area (Å²) in [7, 11) is 0. The second-order valence-corrected chi connectivity index (χ2v) is 5.01. The summed E-state index contributed by atoms with van der Waals surface area (Å²) in [6, 6.07) is 11.3. The highest BCUT2D eigenvalue weighted by molar-refractivity contribution is 9.10. The minimum absolute atomic E-state index is 0. The molecule has 0 heterocycles. The standard InChI is InChI=1S/C14H11BrF3NO.ClH/c15-11-6-9(8-19)5-10(7-11)12-3-1-2-4-13(12)20-14(16,17)18;/h1-7H,8,19H2;1H. The van der Waals surface area contributed by atoms with E-state index < -0.39 is 6.36 Å². The molecule has 0 bridgehead atoms. The summed E-state index contributed by atoms with van der Waals surface area (Å²) >= 11 is 3.32. The molecule has 0 unspecified atom stereocenters. The van der Waals surface area contributed by atoms with Crippen molar-refractivity contribution < 1.29 is 17.9 Å². The molecular weight excluding hydrogens is 371 g/mol. The Kier molecular flexibility index (Phi) is 6.07. The lowest BCUT2D eigenvalue weighted by molar-refractivity contribution is -0.274. The van der Waals surface area contributed by atoms with E-state index in [1.165, 1.54) is 12.1 Å². The van der Waals surface area contributed by atoms with Crippen LogP contribution in [0.4, 0.5) is 13.2 Å². The van der Waals surface area contributed by atoms with E-state index in [0.29, 0.717) is 17.7 Å². The van der Waals surface area contributed by atoms with Crippen LogP contribution in [0.5, 0.6) is 5.75 Å². The first-order valence-electron chi connectivity index (χ1n) is 5.74. The molecule has 0 atom stereocenters. The third-order valence-electron chi connectivity index (χ3n) is 2.62. The Balaban J connectivity index is 0.00000220. The van der Waals surface area contributed by atoms with Gasteiger partial charge in [-0.1, -0.05) is 34.1 Å². The Bertz CT molecular complexity index is 619. The highest BCUT2D eigenvalue weighted by Gasteiger charge is 2.32. The first-order valence-corrected chi connectivity index (χ1v) is 6.53. The molecule has 2 N–H and O–H groups in total. The quantitative estimate of drug-likeness (QED) is 0.820. The lowest BCUT2D eigenvalue weighted by Gasteiger charge is -2.14. The second kappa shape index (κ2) is 7.15. The van der Waals surface area contributed by atoms with Crippen LogP contribution in [0.1, 0.15) is 5.56 Å². The minimum atomic E-state index is -4.72. The monoisotopic (exact) mass is 381 g/mol. The fourth-order valence-corrected chi connectivity index (χ4v) is 2.38. The normalized spacial score (nSPS) is 10.9. The molecule has 2 aromatic rings. The van der Waals surface area contributed by atoms with Crippen molar-refractivity contribution in [2.75, 3.05) is 0 Å². The van der Waals surface area contributed by atoms with Crippen molar-refractivity contribution in [1.29, 1.82) is 0 Å². The van der Waals surface area contributed by atoms with E-state index in [1.54, 1.807) is 24.3 Å². The zero-order valence-electron chi connectivity index (χ0n) is 10.7. The molecule has 2 rings (SSSR count). The Morgan fingerprint density at radius 3 is 2.38 bits per heavy atom. The van der Waals surface area contributed by atoms with E-state index in [4.69, 9.17) is 5.73 Å². The predicted molar refractivity (Wildman–Crippen MR) is 81.4 cm³/mol. The topological polar surface area (TPSA) is 35.2 Å². The zero-order valence-corrected chi connectivity index (χ0v) is 13.1. The zero-order chi connectivity index (χ0) is 14.8. The van der Waals surface area contributed by atoms with Crippen LogP contribution in [0.15, 0.2) is 46.9 Å². The third kappa shape index (κ3) is 4.91. The molecule has 0 aliphatic carbocycles. The predicted octanol–water partition coefficient (Wildman–Crippen LogP) is 4.90. The van der Waals surface area contributed by atoms with Crippen LogP contribution in [0.25, 0.3) is 11.1 Å². The van der Waals surface area contributed by atoms with Gasteiger partial charge in [0.2, 0.25) is 0 Å². The molecule has 2 aromatic carbocycles. The summed E-state index contributed by atoms with van der Waals surface area (Å²) in [5.74, 6) is -0.235. The van der Waals surface area contributed by atoms with Crippen LogP contribution < -0.4 is 10.5 Å². The van der Waals surface area contributed by atoms with Crippen molar-refractivity contribution in [3.63, 3.8) is 0 Å². The first kappa shape index (κ1) is 17.8. The van der Waals surface area contributed by atoms with Gasteiger partial charge in [-0.3, -0.25) is 0 Å². The van der Waals surface area contributed by atoms with Gasteiger partial charge in [-0.05, 0) is 35.4 Å². The maximum atomic E-state index is 12.4. The lowest BCUT2D eigenvalue weighted by Crippen LogP contribution is -2.17. The van der Waals surface area contributed by atoms with Crippen molar-refractivity contribution in [2.24, 2.45) is 5.73 Å². The molecular formula is C14H12BrClF3NO. The van der Waals surface area contributed by atoms with Gasteiger partial charge < -0.3 is 10.5 Å². The number of halogens is 5. The van der Waals surface area contributed by atoms with Crippen LogP contribution in [0.3, 0.4) is 0 Å². The molecule has 114 valence electrons. The average Bonchev–Trinajstić information content (AvgIpc) is 2.36. The largest absolute Gasteiger partial charge is 0.573 e. The number of hydrogen-bond donors (Lipinski definition) is 1. The van der Waals surface area contributed by atoms with E-state index in [1.807, 2.05) is 6.07 Å². The second-order valence-electron chi connectivity index (χ2n) is 4.10. The Hall–Kier alpha value is -1.24. The van der Waals surface area contributed by atoms with E-state index in [0.717, 1.165) is 10.0 Å². The number of para-hydroxylation sites is 1. The summed E-state index contributed by atoms with van der Waals surface area (Å²) in [4.78, 5) is 0. The van der Waals surface area contributed by atoms with Crippen molar-refractivity contribution in [3.8, 4) is 16.9 Å². The molecule has 0 aromatic heterocycles. The molecule has 2 nitrogen and oxygen atoms in total. The van der Waals surface area contributed by atoms with Gasteiger partial charge in [0.15, 0.2) is 0 Å². The third-order valence-corrected chi connectivity index (χ3v) is 3.07. The summed E-state index contributed by atoms with van der Waals surface area (Å²) < 4.78 is 42.0. The van der Waals surface area contributed by atoms with E-state index >= 15 is 0 Å². The van der Waals surface area contributed by atoms with Gasteiger partial charge in [-0.25, -0.2) is 0 Å². The van der Waals surface area contributed by atoms with Crippen LogP contribution in [0.2, 0.25) is 0 Å². The van der Waals surface area contributed by atoms with Crippen LogP contribution >= 0.6 is 28.3 Å². The number of ether oxygens (including phenoxy) is 1. The fourth-order valence-electron chi connectivity index (χ4n) is 1.84. The van der Waals surface area contributed by atoms with Gasteiger partial charge in [0.05, 0.1) is 0 Å². The highest BCUT2D eigenvalue weighted by atomic mass is 79.9. The van der Waals surface area contributed by atoms with Crippen LogP contribution in [-0.4, -0.2) is 6.36 Å². The number of alkyl halides is 3. The fraction of sp³-hybridized carbons (Fsp3) is 0.143. The van der Waals surface area contributed by atoms with Crippen LogP contribution in [0, 0.1) is 0 Å². The van der Waals surface area contributed by atoms with Crippen molar-refractivity contribution in [1.82, 2.24) is 0 Å². The molecule has 0 radical (unpaired) electrons. The number of hydrogen-bond acceptors (Lipinski definition) is 2. The van der Waals surface area contributed by atoms with Gasteiger partial charge in [0.25, 0.3) is 0 Å². The number of rotatable bonds is 3. The molecule has 0 aliphatic heterocycles. The Morgan fingerprint density at radius 1 is 1.10 bits per heavy atom. The summed E-state index contributed by atoms with van der Waals surface area (Å²) in [5, 5.41) is 0. The van der Waals surface area contributed by atoms with Gasteiger partial charge >= 0.3 is 6.36 Å². The molecule has 7 heteroatoms. The van der Waals surface area contributed by atoms with E-state index in [2.05, 4.69) is 20.7 Å². The van der Waals surface area contributed by atoms with Crippen molar-refractivity contribution in [3.05, 3.63) is 52.5 Å². The lowest BCUT2D eigenvalue weighted by atomic mass is 10.0. The summed E-state index contributed by atoms with van der Waals surface area (Å²) in [6.07, 6.45) is -4.72. The summed E-state index contributed by atoms with van der Waals surface area (Å²) in [5.41, 5.74) is 7.36. The molecule has 0 saturated carbocycles. The SMILES string of the molecule is Cl.NCc1cc(Br)cc(-c2ccccc2OC(F)(F)F)c1. The van der Waals surface area contributed by atoms with Gasteiger partial charge in [-0.2, -0.15) is 0 Å². The molecule has 0 fully saturated rings. The van der Waals surface area contributed by atoms with E-state index in [-0.39, 0.29) is 18.2 Å². The maximum absolute atomic E-state index is 12.4. The van der Waals surface area contributed by atoms with Gasteiger partial charge in [-0.15, -0.1) is 25.6 Å². The molecule has 0 saturated heterocycles. The molecule has 0 amide bonds. The van der Waals surface area contributed by atoms with Gasteiger partial charge in [0, 0.05) is 16.6 Å². The van der Waals surface area contributed by atoms with E-state index in [9.17, 15) is 13.2 Å². The van der Waals surface area contributed by atoms with Crippen molar-refractivity contribution >= 4 is 28.3 Å².